The maximum Gasteiger partial charge on any atom is 0.429 e. The van der Waals surface area contributed by atoms with Crippen molar-refractivity contribution in [2.75, 3.05) is 0 Å². The molecule has 2 aromatic carbocycles. The summed E-state index contributed by atoms with van der Waals surface area (Å²) >= 11 is 0. The topological polar surface area (TPSA) is 29.4 Å². The van der Waals surface area contributed by atoms with Gasteiger partial charge >= 0.3 is 6.18 Å². The van der Waals surface area contributed by atoms with Gasteiger partial charge < -0.3 is 0 Å². The van der Waals surface area contributed by atoms with E-state index in [1.165, 1.54) is 18.2 Å². The lowest BCUT2D eigenvalue weighted by Crippen LogP contribution is -2.25. The first kappa shape index (κ1) is 15.9. The highest BCUT2D eigenvalue weighted by molar-refractivity contribution is 6.12. The van der Waals surface area contributed by atoms with Crippen LogP contribution in [-0.2, 0) is 0 Å². The molecule has 114 valence electrons. The van der Waals surface area contributed by atoms with Crippen molar-refractivity contribution in [3.8, 4) is 0 Å². The molecule has 5 heteroatoms. The minimum Gasteiger partial charge on any atom is -0.294 e. The van der Waals surface area contributed by atoms with Gasteiger partial charge in [0, 0.05) is 5.56 Å². The molecule has 2 aromatic rings. The van der Waals surface area contributed by atoms with Gasteiger partial charge in [0.2, 0.25) is 0 Å². The number of aliphatic imine (C=N–C) groups is 1. The van der Waals surface area contributed by atoms with Gasteiger partial charge in [0.05, 0.1) is 12.1 Å². The van der Waals surface area contributed by atoms with Crippen molar-refractivity contribution in [2.45, 2.75) is 19.5 Å². The Bertz CT molecular complexity index is 691. The Hall–Kier alpha value is -2.43. The first-order chi connectivity index (χ1) is 10.4. The van der Waals surface area contributed by atoms with Gasteiger partial charge in [-0.3, -0.25) is 4.79 Å². The standard InChI is InChI=1S/C17H14F3NO/c1-12-6-5-7-13(10-12)15(22)11-16(17(18,19)20)21-14-8-3-2-4-9-14/h2-10H,11H2,1H3. The fourth-order valence-electron chi connectivity index (χ4n) is 1.93. The molecule has 0 aliphatic carbocycles. The third-order valence-corrected chi connectivity index (χ3v) is 3.02. The first-order valence-corrected chi connectivity index (χ1v) is 6.66. The van der Waals surface area contributed by atoms with Crippen LogP contribution < -0.4 is 0 Å². The molecule has 0 bridgehead atoms. The molecule has 0 aromatic heterocycles. The van der Waals surface area contributed by atoms with Crippen molar-refractivity contribution >= 4 is 17.2 Å². The lowest BCUT2D eigenvalue weighted by atomic mass is 10.0. The molecule has 0 aliphatic rings. The number of Topliss-reactive ketones (excluding diaryl/α,β-unsaturated/α-hetero) is 1. The van der Waals surface area contributed by atoms with Crippen LogP contribution in [0.15, 0.2) is 59.6 Å². The van der Waals surface area contributed by atoms with E-state index in [-0.39, 0.29) is 11.3 Å². The van der Waals surface area contributed by atoms with E-state index in [2.05, 4.69) is 4.99 Å². The second-order valence-corrected chi connectivity index (χ2v) is 4.86. The quantitative estimate of drug-likeness (QED) is 0.583. The molecule has 22 heavy (non-hydrogen) atoms. The molecule has 0 radical (unpaired) electrons. The van der Waals surface area contributed by atoms with Crippen molar-refractivity contribution in [3.05, 3.63) is 65.7 Å². The number of hydrogen-bond acceptors (Lipinski definition) is 2. The number of aryl methyl sites for hydroxylation is 1. The van der Waals surface area contributed by atoms with Gasteiger partial charge in [-0.2, -0.15) is 13.2 Å². The molecule has 0 saturated carbocycles. The molecule has 0 spiro atoms. The minimum absolute atomic E-state index is 0.173. The van der Waals surface area contributed by atoms with E-state index in [1.807, 2.05) is 0 Å². The molecule has 0 N–H and O–H groups in total. The molecule has 2 rings (SSSR count). The van der Waals surface area contributed by atoms with E-state index in [9.17, 15) is 18.0 Å². The van der Waals surface area contributed by atoms with Gasteiger partial charge in [-0.15, -0.1) is 0 Å². The molecule has 0 heterocycles. The number of hydrogen-bond donors (Lipinski definition) is 0. The molecule has 0 unspecified atom stereocenters. The summed E-state index contributed by atoms with van der Waals surface area (Å²) in [4.78, 5) is 15.7. The smallest absolute Gasteiger partial charge is 0.294 e. The minimum atomic E-state index is -4.64. The van der Waals surface area contributed by atoms with E-state index in [1.54, 1.807) is 43.3 Å². The predicted octanol–water partition coefficient (Wildman–Crippen LogP) is 4.90. The second-order valence-electron chi connectivity index (χ2n) is 4.86. The molecule has 0 aliphatic heterocycles. The van der Waals surface area contributed by atoms with Crippen LogP contribution in [0.25, 0.3) is 0 Å². The molecule has 0 atom stereocenters. The fraction of sp³-hybridized carbons (Fsp3) is 0.176. The van der Waals surface area contributed by atoms with Gasteiger partial charge in [0.1, 0.15) is 5.71 Å². The van der Waals surface area contributed by atoms with E-state index < -0.39 is 24.1 Å². The molecule has 0 amide bonds. The average Bonchev–Trinajstić information content (AvgIpc) is 2.46. The van der Waals surface area contributed by atoms with Crippen LogP contribution in [0.4, 0.5) is 18.9 Å². The molecule has 2 nitrogen and oxygen atoms in total. The van der Waals surface area contributed by atoms with Gasteiger partial charge in [0.15, 0.2) is 5.78 Å². The monoisotopic (exact) mass is 305 g/mol. The molecular formula is C17H14F3NO. The van der Waals surface area contributed by atoms with Gasteiger partial charge in [-0.05, 0) is 25.1 Å². The summed E-state index contributed by atoms with van der Waals surface area (Å²) < 4.78 is 39.2. The summed E-state index contributed by atoms with van der Waals surface area (Å²) in [6, 6.07) is 14.3. The highest BCUT2D eigenvalue weighted by atomic mass is 19.4. The van der Waals surface area contributed by atoms with E-state index >= 15 is 0 Å². The summed E-state index contributed by atoms with van der Waals surface area (Å²) in [5.74, 6) is -0.601. The van der Waals surface area contributed by atoms with Crippen LogP contribution in [0.1, 0.15) is 22.3 Å². The Labute approximate surface area is 126 Å². The zero-order chi connectivity index (χ0) is 16.2. The van der Waals surface area contributed by atoms with E-state index in [4.69, 9.17) is 0 Å². The third kappa shape index (κ3) is 4.28. The van der Waals surface area contributed by atoms with Crippen LogP contribution in [0.5, 0.6) is 0 Å². The Morgan fingerprint density at radius 3 is 2.32 bits per heavy atom. The summed E-state index contributed by atoms with van der Waals surface area (Å²) in [6.45, 7) is 1.78. The number of rotatable bonds is 4. The Balaban J connectivity index is 2.28. The van der Waals surface area contributed by atoms with E-state index in [0.717, 1.165) is 5.56 Å². The summed E-state index contributed by atoms with van der Waals surface area (Å²) in [6.07, 6.45) is -5.42. The van der Waals surface area contributed by atoms with Crippen LogP contribution in [0.3, 0.4) is 0 Å². The van der Waals surface area contributed by atoms with Crippen LogP contribution >= 0.6 is 0 Å². The van der Waals surface area contributed by atoms with Crippen molar-refractivity contribution in [1.82, 2.24) is 0 Å². The number of carbonyl (C=O) groups is 1. The van der Waals surface area contributed by atoms with Gasteiger partial charge in [-0.1, -0.05) is 42.0 Å². The molecule has 0 saturated heterocycles. The summed E-state index contributed by atoms with van der Waals surface area (Å²) in [7, 11) is 0. The van der Waals surface area contributed by atoms with Crippen LogP contribution in [0.2, 0.25) is 0 Å². The Kier molecular flexibility index (Phi) is 4.75. The summed E-state index contributed by atoms with van der Waals surface area (Å²) in [5, 5.41) is 0. The highest BCUT2D eigenvalue weighted by Gasteiger charge is 2.37. The highest BCUT2D eigenvalue weighted by Crippen LogP contribution is 2.24. The Morgan fingerprint density at radius 1 is 1.05 bits per heavy atom. The first-order valence-electron chi connectivity index (χ1n) is 6.66. The number of benzene rings is 2. The zero-order valence-electron chi connectivity index (χ0n) is 11.9. The van der Waals surface area contributed by atoms with Crippen LogP contribution in [-0.4, -0.2) is 17.7 Å². The molecule has 0 fully saturated rings. The van der Waals surface area contributed by atoms with Crippen molar-refractivity contribution in [2.24, 2.45) is 4.99 Å². The Morgan fingerprint density at radius 2 is 1.73 bits per heavy atom. The predicted molar refractivity (Wildman–Crippen MR) is 79.7 cm³/mol. The number of carbonyl (C=O) groups excluding carboxylic acids is 1. The summed E-state index contributed by atoms with van der Waals surface area (Å²) in [5.41, 5.74) is 0.154. The molecular weight excluding hydrogens is 291 g/mol. The van der Waals surface area contributed by atoms with Gasteiger partial charge in [0.25, 0.3) is 0 Å². The number of nitrogens with zero attached hydrogens (tertiary/aromatic N) is 1. The number of para-hydroxylation sites is 1. The third-order valence-electron chi connectivity index (χ3n) is 3.02. The lowest BCUT2D eigenvalue weighted by Gasteiger charge is -2.10. The van der Waals surface area contributed by atoms with Crippen LogP contribution in [0, 0.1) is 6.92 Å². The zero-order valence-corrected chi connectivity index (χ0v) is 11.9. The lowest BCUT2D eigenvalue weighted by molar-refractivity contribution is -0.0601. The van der Waals surface area contributed by atoms with Crippen molar-refractivity contribution < 1.29 is 18.0 Å². The second kappa shape index (κ2) is 6.56. The number of halogens is 3. The fourth-order valence-corrected chi connectivity index (χ4v) is 1.93. The normalized spacial score (nSPS) is 12.3. The van der Waals surface area contributed by atoms with Crippen molar-refractivity contribution in [1.29, 1.82) is 0 Å². The van der Waals surface area contributed by atoms with Crippen molar-refractivity contribution in [3.63, 3.8) is 0 Å². The maximum absolute atomic E-state index is 13.1. The average molecular weight is 305 g/mol. The largest absolute Gasteiger partial charge is 0.429 e. The van der Waals surface area contributed by atoms with Gasteiger partial charge in [-0.25, -0.2) is 4.99 Å². The number of ketones is 1. The maximum atomic E-state index is 13.1. The number of alkyl halides is 3. The SMILES string of the molecule is Cc1cccc(C(=O)CC(=Nc2ccccc2)C(F)(F)F)c1. The van der Waals surface area contributed by atoms with E-state index in [0.29, 0.717) is 0 Å².